The van der Waals surface area contributed by atoms with Crippen LogP contribution in [0.1, 0.15) is 36.6 Å². The van der Waals surface area contributed by atoms with Gasteiger partial charge in [0.2, 0.25) is 0 Å². The summed E-state index contributed by atoms with van der Waals surface area (Å²) in [5, 5.41) is 13.2. The monoisotopic (exact) mass is 302 g/mol. The van der Waals surface area contributed by atoms with Crippen LogP contribution in [0.15, 0.2) is 24.4 Å². The van der Waals surface area contributed by atoms with E-state index in [1.165, 1.54) is 6.20 Å². The first-order valence-electron chi connectivity index (χ1n) is 6.31. The summed E-state index contributed by atoms with van der Waals surface area (Å²) in [6.07, 6.45) is -3.36. The second kappa shape index (κ2) is 5.48. The van der Waals surface area contributed by atoms with Crippen molar-refractivity contribution in [2.75, 3.05) is 0 Å². The van der Waals surface area contributed by atoms with Crippen LogP contribution in [0.25, 0.3) is 5.69 Å². The number of hydrogen-bond acceptors (Lipinski definition) is 2. The van der Waals surface area contributed by atoms with Crippen molar-refractivity contribution in [2.24, 2.45) is 0 Å². The molecule has 0 bridgehead atoms. The molecule has 0 radical (unpaired) electrons. The van der Waals surface area contributed by atoms with Gasteiger partial charge in [-0.25, -0.2) is 9.07 Å². The van der Waals surface area contributed by atoms with Gasteiger partial charge in [-0.3, -0.25) is 0 Å². The fourth-order valence-corrected chi connectivity index (χ4v) is 2.18. The van der Waals surface area contributed by atoms with Crippen molar-refractivity contribution in [3.8, 4) is 5.69 Å². The van der Waals surface area contributed by atoms with E-state index in [-0.39, 0.29) is 11.6 Å². The van der Waals surface area contributed by atoms with Gasteiger partial charge in [-0.15, -0.1) is 0 Å². The van der Waals surface area contributed by atoms with Crippen LogP contribution in [0.4, 0.5) is 17.6 Å². The van der Waals surface area contributed by atoms with E-state index in [0.29, 0.717) is 5.56 Å². The number of hydrogen-bond donors (Lipinski definition) is 1. The highest BCUT2D eigenvalue weighted by molar-refractivity contribution is 5.46. The summed E-state index contributed by atoms with van der Waals surface area (Å²) in [4.78, 5) is 0. The standard InChI is InChI=1S/C14H14F4N2O/c1-8(2)9-6-19-20(12(9)7-21)13-10(14(16,17)18)4-3-5-11(13)15/h3-6,8,21H,7H2,1-2H3. The molecule has 0 saturated heterocycles. The van der Waals surface area contributed by atoms with Crippen molar-refractivity contribution in [1.82, 2.24) is 9.78 Å². The fraction of sp³-hybridized carbons (Fsp3) is 0.357. The summed E-state index contributed by atoms with van der Waals surface area (Å²) >= 11 is 0. The lowest BCUT2D eigenvalue weighted by Crippen LogP contribution is -2.15. The third-order valence-corrected chi connectivity index (χ3v) is 3.18. The Morgan fingerprint density at radius 1 is 1.29 bits per heavy atom. The molecule has 1 aromatic heterocycles. The number of aliphatic hydroxyl groups is 1. The Labute approximate surface area is 118 Å². The van der Waals surface area contributed by atoms with Crippen LogP contribution in [-0.2, 0) is 12.8 Å². The number of halogens is 4. The lowest BCUT2D eigenvalue weighted by Gasteiger charge is -2.16. The van der Waals surface area contributed by atoms with Crippen LogP contribution in [0, 0.1) is 5.82 Å². The van der Waals surface area contributed by atoms with E-state index in [0.717, 1.165) is 22.9 Å². The van der Waals surface area contributed by atoms with Crippen LogP contribution in [0.5, 0.6) is 0 Å². The maximum Gasteiger partial charge on any atom is 0.418 e. The minimum Gasteiger partial charge on any atom is -0.390 e. The second-order valence-electron chi connectivity index (χ2n) is 4.90. The number of alkyl halides is 3. The molecule has 0 unspecified atom stereocenters. The summed E-state index contributed by atoms with van der Waals surface area (Å²) in [5.74, 6) is -1.10. The zero-order chi connectivity index (χ0) is 15.8. The van der Waals surface area contributed by atoms with Gasteiger partial charge in [0.25, 0.3) is 0 Å². The number of aromatic nitrogens is 2. The van der Waals surface area contributed by atoms with Crippen LogP contribution in [-0.4, -0.2) is 14.9 Å². The van der Waals surface area contributed by atoms with E-state index in [4.69, 9.17) is 0 Å². The van der Waals surface area contributed by atoms with Gasteiger partial charge in [0.05, 0.1) is 24.1 Å². The molecule has 114 valence electrons. The Hall–Kier alpha value is -1.89. The lowest BCUT2D eigenvalue weighted by atomic mass is 10.0. The minimum atomic E-state index is -4.71. The predicted molar refractivity (Wildman–Crippen MR) is 68.5 cm³/mol. The minimum absolute atomic E-state index is 0.0537. The quantitative estimate of drug-likeness (QED) is 0.879. The normalized spacial score (nSPS) is 12.2. The van der Waals surface area contributed by atoms with Crippen LogP contribution < -0.4 is 0 Å². The highest BCUT2D eigenvalue weighted by Gasteiger charge is 2.36. The molecule has 21 heavy (non-hydrogen) atoms. The zero-order valence-electron chi connectivity index (χ0n) is 11.4. The van der Waals surface area contributed by atoms with Gasteiger partial charge in [-0.2, -0.15) is 18.3 Å². The molecule has 0 atom stereocenters. The van der Waals surface area contributed by atoms with Crippen molar-refractivity contribution < 1.29 is 22.7 Å². The summed E-state index contributed by atoms with van der Waals surface area (Å²) in [5.41, 5.74) is -1.09. The molecule has 0 fully saturated rings. The molecule has 0 spiro atoms. The van der Waals surface area contributed by atoms with Crippen molar-refractivity contribution in [3.05, 3.63) is 47.0 Å². The maximum absolute atomic E-state index is 14.0. The van der Waals surface area contributed by atoms with Crippen molar-refractivity contribution in [1.29, 1.82) is 0 Å². The lowest BCUT2D eigenvalue weighted by molar-refractivity contribution is -0.137. The Morgan fingerprint density at radius 2 is 1.95 bits per heavy atom. The summed E-state index contributed by atoms with van der Waals surface area (Å²) in [6.45, 7) is 3.10. The Bertz CT molecular complexity index is 647. The number of nitrogens with zero attached hydrogens (tertiary/aromatic N) is 2. The van der Waals surface area contributed by atoms with Gasteiger partial charge in [-0.1, -0.05) is 19.9 Å². The second-order valence-corrected chi connectivity index (χ2v) is 4.90. The molecule has 7 heteroatoms. The molecule has 0 amide bonds. The molecule has 3 nitrogen and oxygen atoms in total. The zero-order valence-corrected chi connectivity index (χ0v) is 11.4. The van der Waals surface area contributed by atoms with Gasteiger partial charge < -0.3 is 5.11 Å². The highest BCUT2D eigenvalue weighted by atomic mass is 19.4. The number of rotatable bonds is 3. The Balaban J connectivity index is 2.74. The van der Waals surface area contributed by atoms with Gasteiger partial charge in [0, 0.05) is 0 Å². The summed E-state index contributed by atoms with van der Waals surface area (Å²) in [6, 6.07) is 2.71. The number of aliphatic hydroxyl groups excluding tert-OH is 1. The highest BCUT2D eigenvalue weighted by Crippen LogP contribution is 2.36. The first-order valence-corrected chi connectivity index (χ1v) is 6.31. The molecule has 0 saturated carbocycles. The third kappa shape index (κ3) is 2.78. The van der Waals surface area contributed by atoms with Gasteiger partial charge in [0.15, 0.2) is 0 Å². The molecule has 0 aliphatic carbocycles. The molecule has 1 aromatic carbocycles. The molecule has 1 heterocycles. The molecule has 1 N–H and O–H groups in total. The molecule has 0 aliphatic heterocycles. The average Bonchev–Trinajstić information content (AvgIpc) is 2.80. The topological polar surface area (TPSA) is 38.0 Å². The van der Waals surface area contributed by atoms with E-state index in [1.807, 2.05) is 13.8 Å². The average molecular weight is 302 g/mol. The smallest absolute Gasteiger partial charge is 0.390 e. The van der Waals surface area contributed by atoms with E-state index in [2.05, 4.69) is 5.10 Å². The van der Waals surface area contributed by atoms with E-state index >= 15 is 0 Å². The largest absolute Gasteiger partial charge is 0.418 e. The summed E-state index contributed by atoms with van der Waals surface area (Å²) in [7, 11) is 0. The van der Waals surface area contributed by atoms with Crippen molar-refractivity contribution >= 4 is 0 Å². The Morgan fingerprint density at radius 3 is 2.48 bits per heavy atom. The van der Waals surface area contributed by atoms with Crippen LogP contribution >= 0.6 is 0 Å². The molecular formula is C14H14F4N2O. The molecule has 2 aromatic rings. The van der Waals surface area contributed by atoms with Crippen LogP contribution in [0.3, 0.4) is 0 Å². The van der Waals surface area contributed by atoms with Gasteiger partial charge in [-0.05, 0) is 23.6 Å². The van der Waals surface area contributed by atoms with Crippen molar-refractivity contribution in [2.45, 2.75) is 32.5 Å². The van der Waals surface area contributed by atoms with Gasteiger partial charge in [0.1, 0.15) is 11.5 Å². The van der Waals surface area contributed by atoms with E-state index in [9.17, 15) is 22.7 Å². The molecule has 2 rings (SSSR count). The summed E-state index contributed by atoms with van der Waals surface area (Å²) < 4.78 is 53.9. The third-order valence-electron chi connectivity index (χ3n) is 3.18. The number of benzene rings is 1. The predicted octanol–water partition coefficient (Wildman–Crippen LogP) is 3.65. The first-order chi connectivity index (χ1) is 9.77. The maximum atomic E-state index is 14.0. The Kier molecular flexibility index (Phi) is 4.04. The van der Waals surface area contributed by atoms with Crippen LogP contribution in [0.2, 0.25) is 0 Å². The van der Waals surface area contributed by atoms with E-state index < -0.39 is 29.9 Å². The van der Waals surface area contributed by atoms with Crippen molar-refractivity contribution in [3.63, 3.8) is 0 Å². The first kappa shape index (κ1) is 15.5. The molecule has 0 aliphatic rings. The van der Waals surface area contributed by atoms with Gasteiger partial charge >= 0.3 is 6.18 Å². The molecular weight excluding hydrogens is 288 g/mol. The fourth-order valence-electron chi connectivity index (χ4n) is 2.18. The SMILES string of the molecule is CC(C)c1cnn(-c2c(F)cccc2C(F)(F)F)c1CO. The number of para-hydroxylation sites is 1. The van der Waals surface area contributed by atoms with E-state index in [1.54, 1.807) is 0 Å².